The van der Waals surface area contributed by atoms with Crippen LogP contribution in [0.3, 0.4) is 0 Å². The lowest BCUT2D eigenvalue weighted by Crippen LogP contribution is -2.52. The number of hydrogen-bond donors (Lipinski definition) is 1. The lowest BCUT2D eigenvalue weighted by Gasteiger charge is -2.39. The van der Waals surface area contributed by atoms with E-state index in [0.717, 1.165) is 44.8 Å². The summed E-state index contributed by atoms with van der Waals surface area (Å²) < 4.78 is 13.1. The summed E-state index contributed by atoms with van der Waals surface area (Å²) in [7, 11) is 0. The van der Waals surface area contributed by atoms with Crippen molar-refractivity contribution in [2.75, 3.05) is 51.1 Å². The molecule has 2 saturated heterocycles. The highest BCUT2D eigenvalue weighted by Crippen LogP contribution is 2.25. The number of piperidine rings is 1. The van der Waals surface area contributed by atoms with Gasteiger partial charge in [0, 0.05) is 51.5 Å². The van der Waals surface area contributed by atoms with Crippen LogP contribution in [0.2, 0.25) is 10.0 Å². The summed E-state index contributed by atoms with van der Waals surface area (Å²) in [6.07, 6.45) is 2.43. The van der Waals surface area contributed by atoms with Gasteiger partial charge in [0.25, 0.3) is 0 Å². The van der Waals surface area contributed by atoms with Crippen molar-refractivity contribution in [1.82, 2.24) is 14.7 Å². The van der Waals surface area contributed by atoms with Gasteiger partial charge in [0.1, 0.15) is 5.82 Å². The number of nitrogens with one attached hydrogen (secondary N) is 1. The normalized spacial score (nSPS) is 20.3. The van der Waals surface area contributed by atoms with Gasteiger partial charge >= 0.3 is 6.03 Å². The van der Waals surface area contributed by atoms with Crippen molar-refractivity contribution in [2.24, 2.45) is 5.92 Å². The summed E-state index contributed by atoms with van der Waals surface area (Å²) in [5, 5.41) is 3.80. The Bertz CT molecular complexity index is 919. The van der Waals surface area contributed by atoms with Crippen molar-refractivity contribution in [3.8, 4) is 0 Å². The molecule has 2 amide bonds. The zero-order chi connectivity index (χ0) is 22.5. The van der Waals surface area contributed by atoms with Crippen LogP contribution in [-0.4, -0.2) is 66.5 Å². The summed E-state index contributed by atoms with van der Waals surface area (Å²) in [6.45, 7) is 7.26. The number of rotatable bonds is 5. The topological polar surface area (TPSA) is 38.8 Å². The molecule has 1 atom stereocenters. The summed E-state index contributed by atoms with van der Waals surface area (Å²) in [5.41, 5.74) is 1.81. The van der Waals surface area contributed by atoms with Gasteiger partial charge in [0.15, 0.2) is 0 Å². The van der Waals surface area contributed by atoms with Crippen LogP contribution < -0.4 is 5.32 Å². The average molecular weight is 479 g/mol. The van der Waals surface area contributed by atoms with Crippen molar-refractivity contribution in [2.45, 2.75) is 19.4 Å². The number of benzene rings is 2. The molecule has 0 unspecified atom stereocenters. The maximum atomic E-state index is 13.1. The van der Waals surface area contributed by atoms with Crippen molar-refractivity contribution in [3.05, 3.63) is 63.9 Å². The largest absolute Gasteiger partial charge is 0.322 e. The Morgan fingerprint density at radius 1 is 0.969 bits per heavy atom. The number of anilines is 1. The number of likely N-dealkylation sites (tertiary alicyclic amines) is 1. The van der Waals surface area contributed by atoms with Crippen molar-refractivity contribution in [3.63, 3.8) is 0 Å². The zero-order valence-electron chi connectivity index (χ0n) is 18.1. The molecule has 2 fully saturated rings. The SMILES string of the molecule is O=C(Nc1ccc(Cl)c(Cl)c1)N1CCN(C[C@@H]2CCCN(Cc3ccc(F)cc3)C2)CC1. The van der Waals surface area contributed by atoms with Gasteiger partial charge in [0.05, 0.1) is 10.0 Å². The Labute approximate surface area is 199 Å². The minimum absolute atomic E-state index is 0.105. The quantitative estimate of drug-likeness (QED) is 0.641. The van der Waals surface area contributed by atoms with E-state index in [0.29, 0.717) is 34.7 Å². The first-order valence-electron chi connectivity index (χ1n) is 11.2. The number of urea groups is 1. The van der Waals surface area contributed by atoms with Gasteiger partial charge in [-0.3, -0.25) is 9.80 Å². The molecular weight excluding hydrogens is 450 g/mol. The van der Waals surface area contributed by atoms with Crippen LogP contribution in [0.25, 0.3) is 0 Å². The maximum Gasteiger partial charge on any atom is 0.321 e. The average Bonchev–Trinajstić information content (AvgIpc) is 2.79. The molecule has 0 saturated carbocycles. The van der Waals surface area contributed by atoms with Crippen LogP contribution >= 0.6 is 23.2 Å². The molecule has 172 valence electrons. The third-order valence-electron chi connectivity index (χ3n) is 6.27. The second kappa shape index (κ2) is 10.8. The molecule has 0 spiro atoms. The monoisotopic (exact) mass is 478 g/mol. The van der Waals surface area contributed by atoms with Crippen molar-refractivity contribution >= 4 is 34.9 Å². The minimum atomic E-state index is -0.185. The molecule has 0 bridgehead atoms. The van der Waals surface area contributed by atoms with Gasteiger partial charge in [-0.2, -0.15) is 0 Å². The van der Waals surface area contributed by atoms with E-state index in [-0.39, 0.29) is 11.8 Å². The second-order valence-corrected chi connectivity index (χ2v) is 9.53. The van der Waals surface area contributed by atoms with Gasteiger partial charge in [-0.05, 0) is 61.2 Å². The molecular formula is C24H29Cl2FN4O. The first-order chi connectivity index (χ1) is 15.5. The molecule has 2 aromatic rings. The lowest BCUT2D eigenvalue weighted by atomic mass is 9.96. The fourth-order valence-corrected chi connectivity index (χ4v) is 4.87. The predicted octanol–water partition coefficient (Wildman–Crippen LogP) is 5.19. The highest BCUT2D eigenvalue weighted by Gasteiger charge is 2.26. The summed E-state index contributed by atoms with van der Waals surface area (Å²) in [4.78, 5) is 19.4. The van der Waals surface area contributed by atoms with Crippen LogP contribution in [0.4, 0.5) is 14.9 Å². The highest BCUT2D eigenvalue weighted by atomic mass is 35.5. The molecule has 5 nitrogen and oxygen atoms in total. The number of carbonyl (C=O) groups is 1. The Kier molecular flexibility index (Phi) is 7.89. The molecule has 32 heavy (non-hydrogen) atoms. The van der Waals surface area contributed by atoms with E-state index in [2.05, 4.69) is 15.1 Å². The number of halogens is 3. The molecule has 2 aromatic carbocycles. The number of nitrogens with zero attached hydrogens (tertiary/aromatic N) is 3. The number of carbonyl (C=O) groups excluding carboxylic acids is 1. The number of amides is 2. The van der Waals surface area contributed by atoms with Gasteiger partial charge < -0.3 is 10.2 Å². The van der Waals surface area contributed by atoms with Crippen LogP contribution in [0, 0.1) is 11.7 Å². The Balaban J connectivity index is 1.21. The van der Waals surface area contributed by atoms with Crippen molar-refractivity contribution in [1.29, 1.82) is 0 Å². The highest BCUT2D eigenvalue weighted by molar-refractivity contribution is 6.42. The lowest BCUT2D eigenvalue weighted by molar-refractivity contribution is 0.0984. The molecule has 0 aliphatic carbocycles. The molecule has 4 rings (SSSR count). The molecule has 2 aliphatic rings. The third kappa shape index (κ3) is 6.35. The Morgan fingerprint density at radius 2 is 1.72 bits per heavy atom. The summed E-state index contributed by atoms with van der Waals surface area (Å²) in [6, 6.07) is 11.8. The molecule has 1 N–H and O–H groups in total. The molecule has 2 heterocycles. The van der Waals surface area contributed by atoms with E-state index >= 15 is 0 Å². The van der Waals surface area contributed by atoms with E-state index in [1.54, 1.807) is 18.2 Å². The van der Waals surface area contributed by atoms with Gasteiger partial charge in [-0.1, -0.05) is 35.3 Å². The fourth-order valence-electron chi connectivity index (χ4n) is 4.57. The van der Waals surface area contributed by atoms with E-state index in [4.69, 9.17) is 23.2 Å². The third-order valence-corrected chi connectivity index (χ3v) is 7.01. The van der Waals surface area contributed by atoms with Crippen LogP contribution in [-0.2, 0) is 6.54 Å². The second-order valence-electron chi connectivity index (χ2n) is 8.72. The van der Waals surface area contributed by atoms with E-state index in [1.807, 2.05) is 17.0 Å². The number of piperazine rings is 1. The fraction of sp³-hybridized carbons (Fsp3) is 0.458. The number of hydrogen-bond acceptors (Lipinski definition) is 3. The van der Waals surface area contributed by atoms with Gasteiger partial charge in [0.2, 0.25) is 0 Å². The molecule has 0 aromatic heterocycles. The standard InChI is InChI=1S/C24H29Cl2FN4O/c25-22-8-7-21(14-23(22)26)28-24(32)31-12-10-29(11-13-31)16-19-2-1-9-30(17-19)15-18-3-5-20(27)6-4-18/h3-8,14,19H,1-2,9-13,15-17H2,(H,28,32)/t19-/m0/s1. The zero-order valence-corrected chi connectivity index (χ0v) is 19.6. The Morgan fingerprint density at radius 3 is 2.44 bits per heavy atom. The van der Waals surface area contributed by atoms with Gasteiger partial charge in [-0.15, -0.1) is 0 Å². The van der Waals surface area contributed by atoms with Crippen molar-refractivity contribution < 1.29 is 9.18 Å². The first-order valence-corrected chi connectivity index (χ1v) is 11.9. The van der Waals surface area contributed by atoms with E-state index < -0.39 is 0 Å². The maximum absolute atomic E-state index is 13.1. The van der Waals surface area contributed by atoms with E-state index in [9.17, 15) is 9.18 Å². The van der Waals surface area contributed by atoms with Gasteiger partial charge in [-0.25, -0.2) is 9.18 Å². The molecule has 2 aliphatic heterocycles. The van der Waals surface area contributed by atoms with Crippen LogP contribution in [0.5, 0.6) is 0 Å². The summed E-state index contributed by atoms with van der Waals surface area (Å²) in [5.74, 6) is 0.441. The minimum Gasteiger partial charge on any atom is -0.322 e. The predicted molar refractivity (Wildman–Crippen MR) is 128 cm³/mol. The van der Waals surface area contributed by atoms with Crippen LogP contribution in [0.1, 0.15) is 18.4 Å². The molecule has 8 heteroatoms. The smallest absolute Gasteiger partial charge is 0.321 e. The van der Waals surface area contributed by atoms with Crippen LogP contribution in [0.15, 0.2) is 42.5 Å². The first kappa shape index (κ1) is 23.3. The molecule has 0 radical (unpaired) electrons. The van der Waals surface area contributed by atoms with E-state index in [1.165, 1.54) is 25.0 Å². The Hall–Kier alpha value is -1.86. The summed E-state index contributed by atoms with van der Waals surface area (Å²) >= 11 is 12.0.